The largest absolute Gasteiger partial charge is 0.321 e. The third-order valence-corrected chi connectivity index (χ3v) is 4.42. The number of benzene rings is 2. The fourth-order valence-electron chi connectivity index (χ4n) is 3.13. The minimum Gasteiger partial charge on any atom is -0.321 e. The number of anilines is 1. The van der Waals surface area contributed by atoms with Crippen molar-refractivity contribution in [3.63, 3.8) is 0 Å². The molecule has 0 atom stereocenters. The zero-order chi connectivity index (χ0) is 18.4. The lowest BCUT2D eigenvalue weighted by molar-refractivity contribution is -0.110. The lowest BCUT2D eigenvalue weighted by Gasteiger charge is -2.02. The van der Waals surface area contributed by atoms with Crippen LogP contribution in [0.2, 0.25) is 0 Å². The van der Waals surface area contributed by atoms with Gasteiger partial charge in [0.25, 0.3) is 11.5 Å². The summed E-state index contributed by atoms with van der Waals surface area (Å²) >= 11 is 0. The maximum Gasteiger partial charge on any atom is 0.279 e. The second kappa shape index (κ2) is 5.70. The molecule has 1 amide bonds. The standard InChI is InChI=1S/C20H15N3O3/c1-11-17(18-15-5-3-4-6-16(15)21-19(18)25)20(26)23(22-11)14-9-7-13(8-10-14)12(2)24/h3-10,22H,1H2,2H3,(H,21,25)/b18-17+. The summed E-state index contributed by atoms with van der Waals surface area (Å²) in [7, 11) is 0. The monoisotopic (exact) mass is 345 g/mol. The molecule has 0 saturated heterocycles. The molecule has 0 unspecified atom stereocenters. The molecule has 1 aliphatic heterocycles. The lowest BCUT2D eigenvalue weighted by atomic mass is 10.1. The summed E-state index contributed by atoms with van der Waals surface area (Å²) in [5, 5.41) is 6.27. The molecule has 26 heavy (non-hydrogen) atoms. The molecule has 0 radical (unpaired) electrons. The van der Waals surface area contributed by atoms with Crippen molar-refractivity contribution in [3.8, 4) is 5.69 Å². The zero-order valence-electron chi connectivity index (χ0n) is 14.0. The zero-order valence-corrected chi connectivity index (χ0v) is 14.0. The Bertz CT molecular complexity index is 1230. The van der Waals surface area contributed by atoms with E-state index >= 15 is 0 Å². The quantitative estimate of drug-likeness (QED) is 0.678. The maximum absolute atomic E-state index is 13.0. The van der Waals surface area contributed by atoms with Crippen LogP contribution in [0.5, 0.6) is 0 Å². The first-order valence-electron chi connectivity index (χ1n) is 8.04. The molecule has 3 aromatic rings. The van der Waals surface area contributed by atoms with Crippen LogP contribution in [0.3, 0.4) is 0 Å². The summed E-state index contributed by atoms with van der Waals surface area (Å²) < 4.78 is 1.32. The minimum absolute atomic E-state index is 0.0521. The number of para-hydroxylation sites is 1. The van der Waals surface area contributed by atoms with Gasteiger partial charge >= 0.3 is 0 Å². The summed E-state index contributed by atoms with van der Waals surface area (Å²) in [5.74, 6) is -0.380. The Labute approximate surface area is 148 Å². The van der Waals surface area contributed by atoms with Crippen molar-refractivity contribution in [1.29, 1.82) is 0 Å². The average Bonchev–Trinajstić information content (AvgIpc) is 3.10. The number of Topliss-reactive ketones (excluding diaryl/α,β-unsaturated/α-hetero) is 1. The SMILES string of the molecule is C=c1[nH]n(-c2ccc(C(C)=O)cc2)c(=O)/c1=C1/C(=O)Nc2ccccc21. The Balaban J connectivity index is 1.97. The van der Waals surface area contributed by atoms with E-state index in [0.717, 1.165) is 0 Å². The molecule has 0 saturated carbocycles. The number of aromatic amines is 1. The molecule has 128 valence electrons. The topological polar surface area (TPSA) is 84.0 Å². The van der Waals surface area contributed by atoms with Gasteiger partial charge in [-0.2, -0.15) is 0 Å². The van der Waals surface area contributed by atoms with E-state index in [1.807, 2.05) is 12.1 Å². The van der Waals surface area contributed by atoms with Crippen LogP contribution in [-0.2, 0) is 4.79 Å². The molecule has 4 rings (SSSR count). The van der Waals surface area contributed by atoms with Gasteiger partial charge in [0.05, 0.1) is 21.8 Å². The average molecular weight is 345 g/mol. The first-order valence-corrected chi connectivity index (χ1v) is 8.04. The number of nitrogens with zero attached hydrogens (tertiary/aromatic N) is 1. The van der Waals surface area contributed by atoms with Gasteiger partial charge in [-0.05, 0) is 37.3 Å². The van der Waals surface area contributed by atoms with Crippen LogP contribution < -0.4 is 21.4 Å². The molecule has 0 bridgehead atoms. The first kappa shape index (κ1) is 15.8. The Morgan fingerprint density at radius 1 is 1.04 bits per heavy atom. The fourth-order valence-corrected chi connectivity index (χ4v) is 3.13. The molecule has 6 heteroatoms. The maximum atomic E-state index is 13.0. The highest BCUT2D eigenvalue weighted by Crippen LogP contribution is 2.28. The number of carbonyl (C=O) groups is 2. The highest BCUT2D eigenvalue weighted by molar-refractivity contribution is 6.31. The molecule has 1 aliphatic rings. The summed E-state index contributed by atoms with van der Waals surface area (Å²) in [6, 6.07) is 13.9. The number of H-pyrrole nitrogens is 1. The highest BCUT2D eigenvalue weighted by atomic mass is 16.2. The van der Waals surface area contributed by atoms with Crippen molar-refractivity contribution in [1.82, 2.24) is 9.78 Å². The molecule has 0 spiro atoms. The van der Waals surface area contributed by atoms with Crippen LogP contribution >= 0.6 is 0 Å². The van der Waals surface area contributed by atoms with Crippen molar-refractivity contribution in [2.45, 2.75) is 6.92 Å². The lowest BCUT2D eigenvalue weighted by Crippen LogP contribution is -2.38. The second-order valence-corrected chi connectivity index (χ2v) is 6.08. The van der Waals surface area contributed by atoms with E-state index in [1.165, 1.54) is 11.6 Å². The van der Waals surface area contributed by atoms with E-state index < -0.39 is 0 Å². The van der Waals surface area contributed by atoms with Gasteiger partial charge in [0.1, 0.15) is 0 Å². The van der Waals surface area contributed by atoms with Gasteiger partial charge in [-0.15, -0.1) is 0 Å². The van der Waals surface area contributed by atoms with E-state index in [-0.39, 0.29) is 22.5 Å². The number of amides is 1. The van der Waals surface area contributed by atoms with E-state index in [0.29, 0.717) is 33.4 Å². The van der Waals surface area contributed by atoms with E-state index in [2.05, 4.69) is 17.0 Å². The fraction of sp³-hybridized carbons (Fsp3) is 0.0500. The number of hydrogen-bond acceptors (Lipinski definition) is 3. The summed E-state index contributed by atoms with van der Waals surface area (Å²) in [6.45, 7) is 5.37. The number of nitrogens with one attached hydrogen (secondary N) is 2. The van der Waals surface area contributed by atoms with Crippen molar-refractivity contribution in [2.75, 3.05) is 5.32 Å². The van der Waals surface area contributed by atoms with Crippen molar-refractivity contribution >= 4 is 29.5 Å². The molecule has 1 aromatic heterocycles. The molecular weight excluding hydrogens is 330 g/mol. The van der Waals surface area contributed by atoms with Gasteiger partial charge in [-0.3, -0.25) is 19.5 Å². The third kappa shape index (κ3) is 2.31. The van der Waals surface area contributed by atoms with Crippen LogP contribution in [0.1, 0.15) is 22.8 Å². The molecular formula is C20H15N3O3. The van der Waals surface area contributed by atoms with E-state index in [1.54, 1.807) is 36.4 Å². The summed E-state index contributed by atoms with van der Waals surface area (Å²) in [4.78, 5) is 36.8. The van der Waals surface area contributed by atoms with E-state index in [9.17, 15) is 14.4 Å². The number of rotatable bonds is 2. The summed E-state index contributed by atoms with van der Waals surface area (Å²) in [6.07, 6.45) is 0. The van der Waals surface area contributed by atoms with Gasteiger partial charge in [0, 0.05) is 16.8 Å². The molecule has 2 heterocycles. The molecule has 2 aromatic carbocycles. The van der Waals surface area contributed by atoms with Gasteiger partial charge < -0.3 is 5.32 Å². The van der Waals surface area contributed by atoms with Crippen molar-refractivity contribution < 1.29 is 9.59 Å². The normalized spacial score (nSPS) is 14.9. The van der Waals surface area contributed by atoms with Crippen molar-refractivity contribution in [2.24, 2.45) is 0 Å². The van der Waals surface area contributed by atoms with Crippen LogP contribution in [0.15, 0.2) is 53.3 Å². The van der Waals surface area contributed by atoms with Crippen LogP contribution in [0.4, 0.5) is 5.69 Å². The van der Waals surface area contributed by atoms with Crippen LogP contribution in [0.25, 0.3) is 17.8 Å². The number of hydrogen-bond donors (Lipinski definition) is 2. The molecule has 2 N–H and O–H groups in total. The number of fused-ring (bicyclic) bond motifs is 1. The van der Waals surface area contributed by atoms with Crippen LogP contribution in [0, 0.1) is 0 Å². The predicted molar refractivity (Wildman–Crippen MR) is 98.7 cm³/mol. The minimum atomic E-state index is -0.368. The Kier molecular flexibility index (Phi) is 3.47. The Morgan fingerprint density at radius 2 is 1.73 bits per heavy atom. The number of ketones is 1. The van der Waals surface area contributed by atoms with E-state index in [4.69, 9.17) is 0 Å². The Hall–Kier alpha value is -3.67. The Morgan fingerprint density at radius 3 is 2.42 bits per heavy atom. The third-order valence-electron chi connectivity index (χ3n) is 4.42. The molecule has 0 aliphatic carbocycles. The summed E-state index contributed by atoms with van der Waals surface area (Å²) in [5.41, 5.74) is 2.41. The first-order chi connectivity index (χ1) is 12.5. The molecule has 0 fully saturated rings. The van der Waals surface area contributed by atoms with Crippen LogP contribution in [-0.4, -0.2) is 21.5 Å². The van der Waals surface area contributed by atoms with Crippen molar-refractivity contribution in [3.05, 3.63) is 80.6 Å². The smallest absolute Gasteiger partial charge is 0.279 e. The van der Waals surface area contributed by atoms with Gasteiger partial charge in [-0.25, -0.2) is 4.68 Å². The highest BCUT2D eigenvalue weighted by Gasteiger charge is 2.26. The molecule has 6 nitrogen and oxygen atoms in total. The number of aromatic nitrogens is 2. The van der Waals surface area contributed by atoms with Gasteiger partial charge in [0.15, 0.2) is 5.78 Å². The van der Waals surface area contributed by atoms with Gasteiger partial charge in [-0.1, -0.05) is 24.8 Å². The predicted octanol–water partition coefficient (Wildman–Crippen LogP) is 0.930. The van der Waals surface area contributed by atoms with Gasteiger partial charge in [0.2, 0.25) is 0 Å². The second-order valence-electron chi connectivity index (χ2n) is 6.08. The number of carbonyl (C=O) groups excluding carboxylic acids is 2.